The summed E-state index contributed by atoms with van der Waals surface area (Å²) in [5.41, 5.74) is 1.28. The van der Waals surface area contributed by atoms with Crippen LogP contribution in [0.4, 0.5) is 13.2 Å². The van der Waals surface area contributed by atoms with Crippen LogP contribution in [0, 0.1) is 0 Å². The van der Waals surface area contributed by atoms with Gasteiger partial charge in [0, 0.05) is 31.4 Å². The van der Waals surface area contributed by atoms with E-state index in [1.807, 2.05) is 24.3 Å². The van der Waals surface area contributed by atoms with Gasteiger partial charge in [0.2, 0.25) is 0 Å². The fourth-order valence-corrected chi connectivity index (χ4v) is 4.56. The van der Waals surface area contributed by atoms with Crippen LogP contribution in [-0.4, -0.2) is 28.7 Å². The molecule has 0 unspecified atom stereocenters. The largest absolute Gasteiger partial charge is 0.434 e. The summed E-state index contributed by atoms with van der Waals surface area (Å²) in [6.45, 7) is 4.17. The van der Waals surface area contributed by atoms with Gasteiger partial charge in [-0.25, -0.2) is 15.0 Å². The number of aryl methyl sites for hydroxylation is 2. The average Bonchev–Trinajstić information content (AvgIpc) is 3.32. The summed E-state index contributed by atoms with van der Waals surface area (Å²) >= 11 is 0. The summed E-state index contributed by atoms with van der Waals surface area (Å²) in [6, 6.07) is 14.4. The van der Waals surface area contributed by atoms with Crippen LogP contribution < -0.4 is 11.1 Å². The lowest BCUT2D eigenvalue weighted by Gasteiger charge is -2.15. The van der Waals surface area contributed by atoms with Crippen molar-refractivity contribution in [2.45, 2.75) is 32.5 Å². The summed E-state index contributed by atoms with van der Waals surface area (Å²) < 4.78 is 43.1. The quantitative estimate of drug-likeness (QED) is 0.304. The number of hydrogen-bond donors (Lipinski definition) is 0. The maximum atomic E-state index is 13.1. The number of alkyl halides is 3. The van der Waals surface area contributed by atoms with Gasteiger partial charge in [-0.3, -0.25) is 14.2 Å². The van der Waals surface area contributed by atoms with Crippen LogP contribution in [0.3, 0.4) is 0 Å². The topological polar surface area (TPSA) is 87.6 Å². The zero-order valence-electron chi connectivity index (χ0n) is 21.7. The Hall–Kier alpha value is -4.54. The molecule has 0 N–H and O–H groups in total. The summed E-state index contributed by atoms with van der Waals surface area (Å²) in [6.07, 6.45) is -2.08. The predicted octanol–water partition coefficient (Wildman–Crippen LogP) is 4.75. The molecule has 0 amide bonds. The highest BCUT2D eigenvalue weighted by atomic mass is 19.4. The second-order valence-electron chi connectivity index (χ2n) is 9.66. The van der Waals surface area contributed by atoms with Crippen LogP contribution in [0.2, 0.25) is 0 Å². The highest BCUT2D eigenvalue weighted by Gasteiger charge is 2.34. The summed E-state index contributed by atoms with van der Waals surface area (Å²) in [7, 11) is 2.99. The molecular weight excluding hydrogens is 509 g/mol. The van der Waals surface area contributed by atoms with Crippen molar-refractivity contribution in [1.29, 1.82) is 0 Å². The highest BCUT2D eigenvalue weighted by Crippen LogP contribution is 2.31. The molecule has 0 saturated heterocycles. The molecule has 11 heteroatoms. The number of halogens is 3. The molecule has 8 nitrogen and oxygen atoms in total. The van der Waals surface area contributed by atoms with E-state index in [-0.39, 0.29) is 18.3 Å². The Morgan fingerprint density at radius 1 is 0.923 bits per heavy atom. The Kier molecular flexibility index (Phi) is 6.45. The monoisotopic (exact) mass is 534 g/mol. The van der Waals surface area contributed by atoms with Crippen molar-refractivity contribution >= 4 is 11.2 Å². The lowest BCUT2D eigenvalue weighted by atomic mass is 9.97. The molecule has 0 bridgehead atoms. The Morgan fingerprint density at radius 3 is 2.26 bits per heavy atom. The number of hydrogen-bond acceptors (Lipinski definition) is 5. The third-order valence-electron chi connectivity index (χ3n) is 6.64. The number of nitrogens with zero attached hydrogens (tertiary/aromatic N) is 6. The Labute approximate surface area is 221 Å². The Morgan fingerprint density at radius 2 is 1.62 bits per heavy atom. The van der Waals surface area contributed by atoms with Gasteiger partial charge in [0.25, 0.3) is 0 Å². The molecular formula is C28H25F3N6O2. The number of rotatable bonds is 5. The van der Waals surface area contributed by atoms with Crippen molar-refractivity contribution in [2.75, 3.05) is 0 Å². The molecule has 2 aromatic carbocycles. The number of fused-ring (bicyclic) bond motifs is 1. The van der Waals surface area contributed by atoms with E-state index >= 15 is 0 Å². The molecule has 5 aromatic rings. The molecule has 0 radical (unpaired) electrons. The first-order chi connectivity index (χ1) is 18.5. The van der Waals surface area contributed by atoms with E-state index in [0.29, 0.717) is 28.1 Å². The molecule has 0 fully saturated rings. The molecule has 3 aromatic heterocycles. The van der Waals surface area contributed by atoms with Gasteiger partial charge >= 0.3 is 17.3 Å². The molecule has 5 rings (SSSR count). The minimum Gasteiger partial charge on any atom is -0.333 e. The maximum absolute atomic E-state index is 13.1. The van der Waals surface area contributed by atoms with E-state index in [9.17, 15) is 22.8 Å². The van der Waals surface area contributed by atoms with Gasteiger partial charge in [0.05, 0.1) is 12.7 Å². The van der Waals surface area contributed by atoms with Crippen LogP contribution in [0.25, 0.3) is 33.9 Å². The van der Waals surface area contributed by atoms with E-state index in [1.54, 1.807) is 24.3 Å². The molecule has 0 aliphatic carbocycles. The average molecular weight is 535 g/mol. The van der Waals surface area contributed by atoms with Gasteiger partial charge in [0.1, 0.15) is 11.3 Å². The van der Waals surface area contributed by atoms with Crippen LogP contribution in [0.15, 0.2) is 70.5 Å². The van der Waals surface area contributed by atoms with E-state index in [4.69, 9.17) is 4.98 Å². The SMILES string of the molecule is CC(C)c1ccccc1-c1ncc2c(n1)n(Cc1ccc(-c3nc(C(F)(F)F)cn3C)cc1)c(=O)c(=O)n2C. The van der Waals surface area contributed by atoms with Crippen molar-refractivity contribution in [2.24, 2.45) is 14.1 Å². The van der Waals surface area contributed by atoms with Gasteiger partial charge in [-0.2, -0.15) is 13.2 Å². The minimum absolute atomic E-state index is 0.0301. The standard InChI is InChI=1S/C28H25F3N6O2/c1-16(2)19-7-5-6-8-20(19)23-32-13-21-25(34-23)37(27(39)26(38)36(21)4)14-17-9-11-18(12-10-17)24-33-22(15-35(24)3)28(29,30)31/h5-13,15-16H,14H2,1-4H3. The number of benzene rings is 2. The molecule has 200 valence electrons. The fraction of sp³-hybridized carbons (Fsp3) is 0.250. The lowest BCUT2D eigenvalue weighted by Crippen LogP contribution is -2.41. The number of aromatic nitrogens is 6. The van der Waals surface area contributed by atoms with Gasteiger partial charge in [-0.05, 0) is 17.0 Å². The van der Waals surface area contributed by atoms with Crippen molar-refractivity contribution in [3.63, 3.8) is 0 Å². The fourth-order valence-electron chi connectivity index (χ4n) is 4.56. The highest BCUT2D eigenvalue weighted by molar-refractivity contribution is 5.74. The van der Waals surface area contributed by atoms with Gasteiger partial charge in [0.15, 0.2) is 17.2 Å². The normalized spacial score (nSPS) is 12.0. The molecule has 3 heterocycles. The van der Waals surface area contributed by atoms with Crippen molar-refractivity contribution in [3.8, 4) is 22.8 Å². The van der Waals surface area contributed by atoms with Crippen LogP contribution in [0.5, 0.6) is 0 Å². The van der Waals surface area contributed by atoms with Crippen LogP contribution >= 0.6 is 0 Å². The minimum atomic E-state index is -4.55. The van der Waals surface area contributed by atoms with Crippen molar-refractivity contribution in [3.05, 3.63) is 98.5 Å². The van der Waals surface area contributed by atoms with E-state index in [1.165, 1.54) is 34.0 Å². The second kappa shape index (κ2) is 9.64. The molecule has 39 heavy (non-hydrogen) atoms. The molecule has 0 aliphatic rings. The summed E-state index contributed by atoms with van der Waals surface area (Å²) in [5, 5.41) is 0. The van der Waals surface area contributed by atoms with Crippen LogP contribution in [-0.2, 0) is 26.8 Å². The predicted molar refractivity (Wildman–Crippen MR) is 141 cm³/mol. The van der Waals surface area contributed by atoms with Gasteiger partial charge in [-0.1, -0.05) is 62.4 Å². The molecule has 0 aliphatic heterocycles. The third-order valence-corrected chi connectivity index (χ3v) is 6.64. The third kappa shape index (κ3) is 4.75. The zero-order valence-corrected chi connectivity index (χ0v) is 21.7. The first kappa shape index (κ1) is 26.1. The Bertz CT molecular complexity index is 1820. The Balaban J connectivity index is 1.58. The summed E-state index contributed by atoms with van der Waals surface area (Å²) in [5.74, 6) is 0.808. The van der Waals surface area contributed by atoms with Crippen molar-refractivity contribution < 1.29 is 13.2 Å². The van der Waals surface area contributed by atoms with E-state index in [0.717, 1.165) is 17.3 Å². The molecule has 0 saturated carbocycles. The van der Waals surface area contributed by atoms with Crippen LogP contribution in [0.1, 0.15) is 36.6 Å². The lowest BCUT2D eigenvalue weighted by molar-refractivity contribution is -0.140. The maximum Gasteiger partial charge on any atom is 0.434 e. The first-order valence-electron chi connectivity index (χ1n) is 12.2. The second-order valence-corrected chi connectivity index (χ2v) is 9.66. The van der Waals surface area contributed by atoms with Crippen molar-refractivity contribution in [1.82, 2.24) is 28.7 Å². The molecule has 0 atom stereocenters. The van der Waals surface area contributed by atoms with E-state index < -0.39 is 23.0 Å². The first-order valence-corrected chi connectivity index (χ1v) is 12.2. The zero-order chi connectivity index (χ0) is 28.1. The van der Waals surface area contributed by atoms with Gasteiger partial charge < -0.3 is 9.13 Å². The summed E-state index contributed by atoms with van der Waals surface area (Å²) in [4.78, 5) is 38.8. The molecule has 0 spiro atoms. The van der Waals surface area contributed by atoms with E-state index in [2.05, 4.69) is 23.8 Å². The smallest absolute Gasteiger partial charge is 0.333 e. The van der Waals surface area contributed by atoms with Gasteiger partial charge in [-0.15, -0.1) is 0 Å². The number of imidazole rings is 1.